The maximum Gasteiger partial charge on any atom is 0.573 e. The average Bonchev–Trinajstić information content (AvgIpc) is 2.98. The van der Waals surface area contributed by atoms with Gasteiger partial charge in [-0.2, -0.15) is 0 Å². The number of likely N-dealkylation sites (tertiary alicyclic amines) is 1. The zero-order valence-corrected chi connectivity index (χ0v) is 26.5. The number of nitrogens with zero attached hydrogens (tertiary/aromatic N) is 2. The molecule has 45 heavy (non-hydrogen) atoms. The Hall–Kier alpha value is -4.01. The van der Waals surface area contributed by atoms with Crippen LogP contribution in [0.4, 0.5) is 18.9 Å². The van der Waals surface area contributed by atoms with Gasteiger partial charge in [-0.25, -0.2) is 0 Å². The molecule has 6 nitrogen and oxygen atoms in total. The summed E-state index contributed by atoms with van der Waals surface area (Å²) in [6.07, 6.45) is 0.501. The number of alkyl halides is 3. The van der Waals surface area contributed by atoms with E-state index in [1.165, 1.54) is 24.1 Å². The summed E-state index contributed by atoms with van der Waals surface area (Å²) in [7, 11) is 3.36. The highest BCUT2D eigenvalue weighted by molar-refractivity contribution is 5.70. The lowest BCUT2D eigenvalue weighted by atomic mass is 9.78. The first kappa shape index (κ1) is 32.4. The molecule has 9 heteroatoms. The van der Waals surface area contributed by atoms with E-state index in [9.17, 15) is 13.2 Å². The van der Waals surface area contributed by atoms with E-state index in [-0.39, 0.29) is 17.9 Å². The predicted octanol–water partition coefficient (Wildman–Crippen LogP) is 8.90. The molecule has 3 aromatic rings. The Morgan fingerprint density at radius 1 is 0.933 bits per heavy atom. The number of anilines is 1. The van der Waals surface area contributed by atoms with Gasteiger partial charge < -0.3 is 28.7 Å². The molecule has 1 aliphatic heterocycles. The molecule has 3 aromatic carbocycles. The third-order valence-corrected chi connectivity index (χ3v) is 8.70. The van der Waals surface area contributed by atoms with Crippen molar-refractivity contribution in [1.82, 2.24) is 4.90 Å². The first-order chi connectivity index (χ1) is 21.5. The van der Waals surface area contributed by atoms with E-state index in [1.54, 1.807) is 26.4 Å². The maximum absolute atomic E-state index is 12.9. The van der Waals surface area contributed by atoms with Crippen molar-refractivity contribution < 1.29 is 32.1 Å². The van der Waals surface area contributed by atoms with Crippen LogP contribution in [-0.2, 0) is 11.3 Å². The molecule has 2 fully saturated rings. The highest BCUT2D eigenvalue weighted by Crippen LogP contribution is 2.46. The second-order valence-corrected chi connectivity index (χ2v) is 12.1. The van der Waals surface area contributed by atoms with E-state index < -0.39 is 6.36 Å². The van der Waals surface area contributed by atoms with Gasteiger partial charge in [-0.05, 0) is 111 Å². The van der Waals surface area contributed by atoms with Crippen LogP contribution in [0.1, 0.15) is 63.0 Å². The van der Waals surface area contributed by atoms with Crippen molar-refractivity contribution in [3.05, 3.63) is 84.3 Å². The Morgan fingerprint density at radius 3 is 2.22 bits per heavy atom. The molecule has 0 radical (unpaired) electrons. The van der Waals surface area contributed by atoms with Crippen LogP contribution in [0.15, 0.2) is 73.1 Å². The number of benzene rings is 3. The van der Waals surface area contributed by atoms with Crippen LogP contribution in [0.2, 0.25) is 0 Å². The zero-order valence-electron chi connectivity index (χ0n) is 26.5. The second-order valence-electron chi connectivity index (χ2n) is 12.1. The maximum atomic E-state index is 12.9. The number of hydrogen-bond acceptors (Lipinski definition) is 6. The van der Waals surface area contributed by atoms with E-state index in [0.29, 0.717) is 18.3 Å². The molecule has 0 spiro atoms. The zero-order chi connectivity index (χ0) is 32.1. The summed E-state index contributed by atoms with van der Waals surface area (Å²) in [5.41, 5.74) is 5.25. The van der Waals surface area contributed by atoms with Crippen LogP contribution >= 0.6 is 0 Å². The van der Waals surface area contributed by atoms with Gasteiger partial charge in [0.2, 0.25) is 0 Å². The summed E-state index contributed by atoms with van der Waals surface area (Å²) in [5, 5.41) is 0. The first-order valence-electron chi connectivity index (χ1n) is 15.6. The summed E-state index contributed by atoms with van der Waals surface area (Å²) in [6.45, 7) is 10.2. The second kappa shape index (κ2) is 14.0. The molecule has 0 aromatic heterocycles. The predicted molar refractivity (Wildman–Crippen MR) is 171 cm³/mol. The SMILES string of the molecule is C=C(OC(C)C)N1CCC(N(Cc2cccc(-c3cc(OC)c(OC)c(C4CCC4)c3)c2)c2ccc(OC(F)(F)F)cc2)CC1. The largest absolute Gasteiger partial charge is 0.573 e. The van der Waals surface area contributed by atoms with Gasteiger partial charge in [0.25, 0.3) is 0 Å². The summed E-state index contributed by atoms with van der Waals surface area (Å²) >= 11 is 0. The smallest absolute Gasteiger partial charge is 0.493 e. The Morgan fingerprint density at radius 2 is 1.64 bits per heavy atom. The van der Waals surface area contributed by atoms with Gasteiger partial charge in [-0.15, -0.1) is 13.2 Å². The standard InChI is InChI=1S/C36H43F3N2O4/c1-24(2)44-25(3)40-18-16-31(17-19-40)41(30-12-14-32(15-13-30)45-36(37,38)39)23-26-8-6-11-28(20-26)29-21-33(27-9-7-10-27)35(43-5)34(22-29)42-4/h6,8,11-15,20-22,24,27,31H,3,7,9-10,16-19,23H2,1-2,4-5H3. The van der Waals surface area contributed by atoms with Crippen molar-refractivity contribution in [2.45, 2.75) is 76.9 Å². The fraction of sp³-hybridized carbons (Fsp3) is 0.444. The summed E-state index contributed by atoms with van der Waals surface area (Å²) < 4.78 is 60.0. The molecule has 0 amide bonds. The third-order valence-electron chi connectivity index (χ3n) is 8.70. The fourth-order valence-corrected chi connectivity index (χ4v) is 6.27. The molecule has 0 unspecified atom stereocenters. The van der Waals surface area contributed by atoms with Gasteiger partial charge in [0.15, 0.2) is 17.4 Å². The van der Waals surface area contributed by atoms with Gasteiger partial charge >= 0.3 is 6.36 Å². The van der Waals surface area contributed by atoms with Gasteiger partial charge in [-0.3, -0.25) is 0 Å². The van der Waals surface area contributed by atoms with Crippen LogP contribution in [-0.4, -0.2) is 50.7 Å². The highest BCUT2D eigenvalue weighted by Gasteiger charge is 2.32. The number of piperidine rings is 1. The number of halogens is 3. The van der Waals surface area contributed by atoms with E-state index in [1.807, 2.05) is 19.9 Å². The Labute approximate surface area is 264 Å². The van der Waals surface area contributed by atoms with Gasteiger partial charge in [-0.1, -0.05) is 24.6 Å². The summed E-state index contributed by atoms with van der Waals surface area (Å²) in [4.78, 5) is 4.45. The topological polar surface area (TPSA) is 43.4 Å². The quantitative estimate of drug-likeness (QED) is 0.188. The van der Waals surface area contributed by atoms with Crippen LogP contribution in [0.5, 0.6) is 17.2 Å². The number of methoxy groups -OCH3 is 2. The van der Waals surface area contributed by atoms with Crippen LogP contribution < -0.4 is 19.1 Å². The molecule has 2 aliphatic rings. The molecular formula is C36H43F3N2O4. The molecule has 242 valence electrons. The monoisotopic (exact) mass is 624 g/mol. The van der Waals surface area contributed by atoms with Crippen molar-refractivity contribution in [3.63, 3.8) is 0 Å². The number of rotatable bonds is 12. The van der Waals surface area contributed by atoms with Crippen LogP contribution in [0.25, 0.3) is 11.1 Å². The van der Waals surface area contributed by atoms with Crippen molar-refractivity contribution >= 4 is 5.69 Å². The van der Waals surface area contributed by atoms with E-state index in [4.69, 9.17) is 14.2 Å². The third kappa shape index (κ3) is 7.99. The van der Waals surface area contributed by atoms with Gasteiger partial charge in [0.05, 0.1) is 20.3 Å². The van der Waals surface area contributed by atoms with Crippen LogP contribution in [0, 0.1) is 0 Å². The molecule has 1 heterocycles. The summed E-state index contributed by atoms with van der Waals surface area (Å²) in [6, 6.07) is 19.0. The molecule has 1 saturated heterocycles. The van der Waals surface area contributed by atoms with E-state index in [0.717, 1.165) is 72.6 Å². The normalized spacial score (nSPS) is 15.9. The molecule has 1 saturated carbocycles. The van der Waals surface area contributed by atoms with Crippen molar-refractivity contribution in [2.75, 3.05) is 32.2 Å². The van der Waals surface area contributed by atoms with Gasteiger partial charge in [0.1, 0.15) is 5.75 Å². The number of hydrogen-bond donors (Lipinski definition) is 0. The molecule has 1 aliphatic carbocycles. The Bertz CT molecular complexity index is 1450. The lowest BCUT2D eigenvalue weighted by Crippen LogP contribution is -2.44. The van der Waals surface area contributed by atoms with E-state index in [2.05, 4.69) is 51.4 Å². The minimum Gasteiger partial charge on any atom is -0.493 e. The Balaban J connectivity index is 1.42. The molecule has 0 bridgehead atoms. The van der Waals surface area contributed by atoms with Crippen molar-refractivity contribution in [1.29, 1.82) is 0 Å². The lowest BCUT2D eigenvalue weighted by molar-refractivity contribution is -0.274. The molecule has 0 atom stereocenters. The minimum atomic E-state index is -4.74. The van der Waals surface area contributed by atoms with E-state index >= 15 is 0 Å². The van der Waals surface area contributed by atoms with Crippen molar-refractivity contribution in [2.24, 2.45) is 0 Å². The Kier molecular flexibility index (Phi) is 10.0. The van der Waals surface area contributed by atoms with Crippen molar-refractivity contribution in [3.8, 4) is 28.4 Å². The van der Waals surface area contributed by atoms with Crippen LogP contribution in [0.3, 0.4) is 0 Å². The molecule has 0 N–H and O–H groups in total. The summed E-state index contributed by atoms with van der Waals surface area (Å²) in [5.74, 6) is 2.43. The van der Waals surface area contributed by atoms with Gasteiger partial charge in [0, 0.05) is 36.9 Å². The highest BCUT2D eigenvalue weighted by atomic mass is 19.4. The lowest BCUT2D eigenvalue weighted by Gasteiger charge is -2.41. The average molecular weight is 625 g/mol. The number of ether oxygens (including phenoxy) is 4. The molecule has 5 rings (SSSR count). The minimum absolute atomic E-state index is 0.0481. The first-order valence-corrected chi connectivity index (χ1v) is 15.6. The molecular weight excluding hydrogens is 581 g/mol. The fourth-order valence-electron chi connectivity index (χ4n) is 6.27.